The van der Waals surface area contributed by atoms with Crippen LogP contribution >= 0.6 is 0 Å². The normalized spacial score (nSPS) is 17.3. The lowest BCUT2D eigenvalue weighted by molar-refractivity contribution is -0.119. The van der Waals surface area contributed by atoms with Crippen molar-refractivity contribution >= 4 is 5.91 Å². The van der Waals surface area contributed by atoms with E-state index in [4.69, 9.17) is 11.5 Å². The number of primary amides is 1. The quantitative estimate of drug-likeness (QED) is 0.855. The van der Waals surface area contributed by atoms with E-state index in [0.717, 1.165) is 31.5 Å². The highest BCUT2D eigenvalue weighted by molar-refractivity contribution is 5.73. The first-order valence-corrected chi connectivity index (χ1v) is 7.06. The van der Waals surface area contributed by atoms with E-state index in [1.165, 1.54) is 6.07 Å². The van der Waals surface area contributed by atoms with Crippen molar-refractivity contribution in [2.45, 2.75) is 32.4 Å². The highest BCUT2D eigenvalue weighted by Gasteiger charge is 2.21. The van der Waals surface area contributed by atoms with Crippen LogP contribution in [0.2, 0.25) is 0 Å². The average Bonchev–Trinajstić information content (AvgIpc) is 2.43. The van der Waals surface area contributed by atoms with Gasteiger partial charge in [0.15, 0.2) is 0 Å². The number of carbonyl (C=O) groups is 1. The number of benzene rings is 1. The molecule has 0 atom stereocenters. The van der Waals surface area contributed by atoms with Gasteiger partial charge in [0.1, 0.15) is 5.82 Å². The zero-order valence-corrected chi connectivity index (χ0v) is 11.6. The molecule has 0 bridgehead atoms. The Morgan fingerprint density at radius 1 is 1.35 bits per heavy atom. The number of hydrogen-bond donors (Lipinski definition) is 2. The Balaban J connectivity index is 1.90. The summed E-state index contributed by atoms with van der Waals surface area (Å²) in [5, 5.41) is 0. The Hall–Kier alpha value is -1.46. The van der Waals surface area contributed by atoms with Crippen molar-refractivity contribution in [2.75, 3.05) is 13.1 Å². The van der Waals surface area contributed by atoms with Crippen LogP contribution in [0.15, 0.2) is 18.2 Å². The molecule has 0 radical (unpaired) electrons. The van der Waals surface area contributed by atoms with Crippen molar-refractivity contribution in [3.8, 4) is 0 Å². The Bertz CT molecular complexity index is 470. The molecule has 1 saturated heterocycles. The van der Waals surface area contributed by atoms with Crippen LogP contribution < -0.4 is 11.5 Å². The molecule has 0 saturated carbocycles. The summed E-state index contributed by atoms with van der Waals surface area (Å²) in [6, 6.07) is 5.04. The molecule has 2 rings (SSSR count). The lowest BCUT2D eigenvalue weighted by atomic mass is 9.93. The summed E-state index contributed by atoms with van der Waals surface area (Å²) in [5.74, 6) is -0.0319. The smallest absolute Gasteiger partial charge is 0.217 e. The Kier molecular flexibility index (Phi) is 5.09. The van der Waals surface area contributed by atoms with Gasteiger partial charge in [-0.05, 0) is 43.5 Å². The van der Waals surface area contributed by atoms with E-state index in [-0.39, 0.29) is 11.7 Å². The molecule has 1 fully saturated rings. The van der Waals surface area contributed by atoms with Crippen molar-refractivity contribution < 1.29 is 9.18 Å². The minimum atomic E-state index is -0.231. The molecule has 5 heteroatoms. The van der Waals surface area contributed by atoms with Crippen LogP contribution in [0, 0.1) is 11.7 Å². The van der Waals surface area contributed by atoms with E-state index < -0.39 is 0 Å². The molecule has 20 heavy (non-hydrogen) atoms. The van der Waals surface area contributed by atoms with Gasteiger partial charge >= 0.3 is 0 Å². The van der Waals surface area contributed by atoms with Crippen LogP contribution in [0.5, 0.6) is 0 Å². The molecule has 0 spiro atoms. The number of halogens is 1. The molecule has 0 aliphatic carbocycles. The molecule has 1 aromatic carbocycles. The highest BCUT2D eigenvalue weighted by Crippen LogP contribution is 2.22. The monoisotopic (exact) mass is 279 g/mol. The third-order valence-corrected chi connectivity index (χ3v) is 3.94. The molecule has 1 amide bonds. The van der Waals surface area contributed by atoms with Crippen molar-refractivity contribution in [3.05, 3.63) is 35.1 Å². The Morgan fingerprint density at radius 3 is 2.65 bits per heavy atom. The summed E-state index contributed by atoms with van der Waals surface area (Å²) >= 11 is 0. The minimum Gasteiger partial charge on any atom is -0.370 e. The van der Waals surface area contributed by atoms with E-state index in [0.29, 0.717) is 31.0 Å². The number of rotatable bonds is 5. The lowest BCUT2D eigenvalue weighted by Gasteiger charge is -2.31. The van der Waals surface area contributed by atoms with E-state index in [1.807, 2.05) is 6.07 Å². The molecule has 1 aliphatic heterocycles. The van der Waals surface area contributed by atoms with Crippen molar-refractivity contribution in [1.29, 1.82) is 0 Å². The second-order valence-electron chi connectivity index (χ2n) is 5.52. The van der Waals surface area contributed by atoms with Crippen LogP contribution in [0.25, 0.3) is 0 Å². The van der Waals surface area contributed by atoms with Crippen LogP contribution in [0.1, 0.15) is 30.4 Å². The van der Waals surface area contributed by atoms with Crippen LogP contribution in [-0.2, 0) is 17.9 Å². The van der Waals surface area contributed by atoms with Crippen LogP contribution in [0.3, 0.4) is 0 Å². The first kappa shape index (κ1) is 14.9. The number of carbonyl (C=O) groups excluding carboxylic acids is 1. The molecule has 1 aliphatic rings. The number of hydrogen-bond acceptors (Lipinski definition) is 3. The fraction of sp³-hybridized carbons (Fsp3) is 0.533. The lowest BCUT2D eigenvalue weighted by Crippen LogP contribution is -2.34. The maximum Gasteiger partial charge on any atom is 0.217 e. The van der Waals surface area contributed by atoms with E-state index in [1.54, 1.807) is 6.07 Å². The zero-order chi connectivity index (χ0) is 14.5. The summed E-state index contributed by atoms with van der Waals surface area (Å²) < 4.78 is 13.8. The van der Waals surface area contributed by atoms with E-state index in [9.17, 15) is 9.18 Å². The molecule has 0 unspecified atom stereocenters. The number of nitrogens with zero attached hydrogens (tertiary/aromatic N) is 1. The molecule has 4 nitrogen and oxygen atoms in total. The maximum atomic E-state index is 13.8. The molecule has 1 heterocycles. The summed E-state index contributed by atoms with van der Waals surface area (Å²) in [4.78, 5) is 13.1. The molecular weight excluding hydrogens is 257 g/mol. The predicted octanol–water partition coefficient (Wildman–Crippen LogP) is 1.37. The van der Waals surface area contributed by atoms with Gasteiger partial charge in [0, 0.05) is 25.1 Å². The fourth-order valence-electron chi connectivity index (χ4n) is 2.75. The van der Waals surface area contributed by atoms with Crippen molar-refractivity contribution in [3.63, 3.8) is 0 Å². The van der Waals surface area contributed by atoms with Gasteiger partial charge in [-0.3, -0.25) is 9.69 Å². The van der Waals surface area contributed by atoms with E-state index >= 15 is 0 Å². The van der Waals surface area contributed by atoms with Gasteiger partial charge in [0.25, 0.3) is 0 Å². The first-order valence-electron chi connectivity index (χ1n) is 7.06. The van der Waals surface area contributed by atoms with Gasteiger partial charge in [-0.1, -0.05) is 12.1 Å². The molecule has 4 N–H and O–H groups in total. The largest absolute Gasteiger partial charge is 0.370 e. The fourth-order valence-corrected chi connectivity index (χ4v) is 2.75. The first-order chi connectivity index (χ1) is 9.58. The summed E-state index contributed by atoms with van der Waals surface area (Å²) in [7, 11) is 0. The van der Waals surface area contributed by atoms with Crippen LogP contribution in [-0.4, -0.2) is 23.9 Å². The third kappa shape index (κ3) is 4.02. The van der Waals surface area contributed by atoms with Gasteiger partial charge in [0.2, 0.25) is 5.91 Å². The van der Waals surface area contributed by atoms with Crippen LogP contribution in [0.4, 0.5) is 4.39 Å². The van der Waals surface area contributed by atoms with Gasteiger partial charge in [-0.2, -0.15) is 0 Å². The van der Waals surface area contributed by atoms with Gasteiger partial charge in [-0.15, -0.1) is 0 Å². The summed E-state index contributed by atoms with van der Waals surface area (Å²) in [5.41, 5.74) is 12.5. The highest BCUT2D eigenvalue weighted by atomic mass is 19.1. The number of amides is 1. The standard InChI is InChI=1S/C15H22FN3O/c16-14-2-1-12(9-17)7-13(14)10-19-5-3-11(4-6-19)8-15(18)20/h1-2,7,11H,3-6,8-10,17H2,(H2,18,20). The van der Waals surface area contributed by atoms with Crippen molar-refractivity contribution in [2.24, 2.45) is 17.4 Å². The van der Waals surface area contributed by atoms with Gasteiger partial charge < -0.3 is 11.5 Å². The molecular formula is C15H22FN3O. The summed E-state index contributed by atoms with van der Waals surface area (Å²) in [6.45, 7) is 2.78. The number of nitrogens with two attached hydrogens (primary N) is 2. The van der Waals surface area contributed by atoms with E-state index in [2.05, 4.69) is 4.90 Å². The van der Waals surface area contributed by atoms with Crippen molar-refractivity contribution in [1.82, 2.24) is 4.90 Å². The molecule has 110 valence electrons. The summed E-state index contributed by atoms with van der Waals surface area (Å²) in [6.07, 6.45) is 2.35. The molecule has 1 aromatic rings. The second-order valence-corrected chi connectivity index (χ2v) is 5.52. The number of piperidine rings is 1. The third-order valence-electron chi connectivity index (χ3n) is 3.94. The van der Waals surface area contributed by atoms with Gasteiger partial charge in [-0.25, -0.2) is 4.39 Å². The predicted molar refractivity (Wildman–Crippen MR) is 76.1 cm³/mol. The maximum absolute atomic E-state index is 13.8. The topological polar surface area (TPSA) is 72.3 Å². The number of likely N-dealkylation sites (tertiary alicyclic amines) is 1. The molecule has 0 aromatic heterocycles. The second kappa shape index (κ2) is 6.81. The minimum absolute atomic E-state index is 0.179. The zero-order valence-electron chi connectivity index (χ0n) is 11.6. The average molecular weight is 279 g/mol. The SMILES string of the molecule is NCc1ccc(F)c(CN2CCC(CC(N)=O)CC2)c1. The Labute approximate surface area is 118 Å². The van der Waals surface area contributed by atoms with Gasteiger partial charge in [0.05, 0.1) is 0 Å². The Morgan fingerprint density at radius 2 is 2.05 bits per heavy atom.